The SMILES string of the molecule is O=C(CNC(=O)c1cccs1)OCCOc1cccc(Cl)c1. The Bertz CT molecular complexity index is 630. The number of thiophene rings is 1. The molecule has 1 aromatic heterocycles. The molecule has 0 bridgehead atoms. The third-order valence-electron chi connectivity index (χ3n) is 2.55. The predicted molar refractivity (Wildman–Crippen MR) is 84.6 cm³/mol. The number of esters is 1. The Morgan fingerprint density at radius 2 is 2.05 bits per heavy atom. The standard InChI is InChI=1S/C15H14ClNO4S/c16-11-3-1-4-12(9-11)20-6-7-21-14(18)10-17-15(19)13-5-2-8-22-13/h1-5,8-9H,6-7,10H2,(H,17,19). The number of nitrogens with one attached hydrogen (secondary N) is 1. The molecule has 116 valence electrons. The first-order valence-electron chi connectivity index (χ1n) is 6.51. The van der Waals surface area contributed by atoms with Crippen LogP contribution in [0.4, 0.5) is 0 Å². The number of benzene rings is 1. The van der Waals surface area contributed by atoms with E-state index in [0.29, 0.717) is 15.6 Å². The lowest BCUT2D eigenvalue weighted by Gasteiger charge is -2.08. The summed E-state index contributed by atoms with van der Waals surface area (Å²) in [5.41, 5.74) is 0. The van der Waals surface area contributed by atoms with Gasteiger partial charge in [-0.05, 0) is 29.6 Å². The van der Waals surface area contributed by atoms with Gasteiger partial charge in [-0.1, -0.05) is 23.7 Å². The van der Waals surface area contributed by atoms with E-state index >= 15 is 0 Å². The minimum Gasteiger partial charge on any atom is -0.490 e. The van der Waals surface area contributed by atoms with E-state index in [9.17, 15) is 9.59 Å². The van der Waals surface area contributed by atoms with Crippen molar-refractivity contribution in [2.24, 2.45) is 0 Å². The molecule has 5 nitrogen and oxygen atoms in total. The van der Waals surface area contributed by atoms with Crippen LogP contribution in [-0.2, 0) is 9.53 Å². The maximum absolute atomic E-state index is 11.6. The Hall–Kier alpha value is -2.05. The van der Waals surface area contributed by atoms with E-state index < -0.39 is 5.97 Å². The van der Waals surface area contributed by atoms with Gasteiger partial charge >= 0.3 is 5.97 Å². The van der Waals surface area contributed by atoms with Crippen LogP contribution in [0.15, 0.2) is 41.8 Å². The second-order valence-corrected chi connectivity index (χ2v) is 5.57. The van der Waals surface area contributed by atoms with E-state index in [1.807, 2.05) is 0 Å². The number of hydrogen-bond acceptors (Lipinski definition) is 5. The normalized spacial score (nSPS) is 10.0. The highest BCUT2D eigenvalue weighted by Gasteiger charge is 2.09. The van der Waals surface area contributed by atoms with Crippen LogP contribution in [0, 0.1) is 0 Å². The zero-order chi connectivity index (χ0) is 15.8. The minimum atomic E-state index is -0.514. The topological polar surface area (TPSA) is 64.6 Å². The molecule has 7 heteroatoms. The van der Waals surface area contributed by atoms with Crippen molar-refractivity contribution in [2.45, 2.75) is 0 Å². The average molecular weight is 340 g/mol. The van der Waals surface area contributed by atoms with Gasteiger partial charge in [-0.3, -0.25) is 9.59 Å². The van der Waals surface area contributed by atoms with Gasteiger partial charge in [0.05, 0.1) is 4.88 Å². The van der Waals surface area contributed by atoms with Gasteiger partial charge in [0.25, 0.3) is 5.91 Å². The molecule has 2 aromatic rings. The van der Waals surface area contributed by atoms with Gasteiger partial charge < -0.3 is 14.8 Å². The molecular formula is C15H14ClNO4S. The van der Waals surface area contributed by atoms with Crippen molar-refractivity contribution in [3.63, 3.8) is 0 Å². The molecular weight excluding hydrogens is 326 g/mol. The van der Waals surface area contributed by atoms with Crippen LogP contribution in [0.2, 0.25) is 5.02 Å². The van der Waals surface area contributed by atoms with Gasteiger partial charge in [0, 0.05) is 5.02 Å². The molecule has 0 fully saturated rings. The van der Waals surface area contributed by atoms with E-state index in [1.165, 1.54) is 11.3 Å². The molecule has 1 N–H and O–H groups in total. The lowest BCUT2D eigenvalue weighted by molar-refractivity contribution is -0.143. The maximum Gasteiger partial charge on any atom is 0.325 e. The summed E-state index contributed by atoms with van der Waals surface area (Å²) in [4.78, 5) is 23.6. The smallest absolute Gasteiger partial charge is 0.325 e. The first-order valence-corrected chi connectivity index (χ1v) is 7.76. The zero-order valence-electron chi connectivity index (χ0n) is 11.6. The largest absolute Gasteiger partial charge is 0.490 e. The van der Waals surface area contributed by atoms with Gasteiger partial charge in [-0.15, -0.1) is 11.3 Å². The van der Waals surface area contributed by atoms with Crippen LogP contribution in [0.5, 0.6) is 5.75 Å². The van der Waals surface area contributed by atoms with Crippen molar-refractivity contribution in [3.8, 4) is 5.75 Å². The van der Waals surface area contributed by atoms with Gasteiger partial charge in [-0.25, -0.2) is 0 Å². The molecule has 0 saturated carbocycles. The van der Waals surface area contributed by atoms with Crippen molar-refractivity contribution in [1.82, 2.24) is 5.32 Å². The number of rotatable bonds is 7. The van der Waals surface area contributed by atoms with Crippen molar-refractivity contribution in [2.75, 3.05) is 19.8 Å². The summed E-state index contributed by atoms with van der Waals surface area (Å²) in [7, 11) is 0. The molecule has 1 amide bonds. The summed E-state index contributed by atoms with van der Waals surface area (Å²) in [5.74, 6) is -0.198. The van der Waals surface area contributed by atoms with Crippen LogP contribution >= 0.6 is 22.9 Å². The third kappa shape index (κ3) is 5.38. The summed E-state index contributed by atoms with van der Waals surface area (Å²) in [6.07, 6.45) is 0. The monoisotopic (exact) mass is 339 g/mol. The third-order valence-corrected chi connectivity index (χ3v) is 3.65. The second kappa shape index (κ2) is 8.41. The highest BCUT2D eigenvalue weighted by Crippen LogP contribution is 2.16. The molecule has 0 atom stereocenters. The quantitative estimate of drug-likeness (QED) is 0.622. The van der Waals surface area contributed by atoms with Gasteiger partial charge in [0.1, 0.15) is 25.5 Å². The Kier molecular flexibility index (Phi) is 6.24. The first-order chi connectivity index (χ1) is 10.6. The predicted octanol–water partition coefficient (Wildman–Crippen LogP) is 2.75. The fourth-order valence-corrected chi connectivity index (χ4v) is 2.39. The van der Waals surface area contributed by atoms with Gasteiger partial charge in [0.2, 0.25) is 0 Å². The van der Waals surface area contributed by atoms with E-state index in [4.69, 9.17) is 21.1 Å². The molecule has 22 heavy (non-hydrogen) atoms. The molecule has 1 heterocycles. The Balaban J connectivity index is 1.61. The van der Waals surface area contributed by atoms with Crippen molar-refractivity contribution in [3.05, 3.63) is 51.7 Å². The molecule has 2 rings (SSSR count). The Morgan fingerprint density at radius 1 is 1.18 bits per heavy atom. The molecule has 0 aliphatic carbocycles. The highest BCUT2D eigenvalue weighted by molar-refractivity contribution is 7.12. The second-order valence-electron chi connectivity index (χ2n) is 4.19. The van der Waals surface area contributed by atoms with Crippen LogP contribution in [0.25, 0.3) is 0 Å². The molecule has 0 aliphatic heterocycles. The van der Waals surface area contributed by atoms with Crippen LogP contribution in [-0.4, -0.2) is 31.6 Å². The van der Waals surface area contributed by atoms with Gasteiger partial charge in [-0.2, -0.15) is 0 Å². The molecule has 0 aliphatic rings. The summed E-state index contributed by atoms with van der Waals surface area (Å²) < 4.78 is 10.3. The number of ether oxygens (including phenoxy) is 2. The summed E-state index contributed by atoms with van der Waals surface area (Å²) in [6, 6.07) is 10.4. The van der Waals surface area contributed by atoms with Crippen molar-refractivity contribution in [1.29, 1.82) is 0 Å². The fraction of sp³-hybridized carbons (Fsp3) is 0.200. The lowest BCUT2D eigenvalue weighted by atomic mass is 10.3. The van der Waals surface area contributed by atoms with E-state index in [0.717, 1.165) is 0 Å². The maximum atomic E-state index is 11.6. The molecule has 0 radical (unpaired) electrons. The average Bonchev–Trinajstić information content (AvgIpc) is 3.04. The number of carbonyl (C=O) groups is 2. The Morgan fingerprint density at radius 3 is 2.77 bits per heavy atom. The number of halogens is 1. The van der Waals surface area contributed by atoms with Crippen molar-refractivity contribution >= 4 is 34.8 Å². The number of carbonyl (C=O) groups excluding carboxylic acids is 2. The summed E-state index contributed by atoms with van der Waals surface area (Å²) in [6.45, 7) is 0.138. The van der Waals surface area contributed by atoms with Crippen LogP contribution in [0.3, 0.4) is 0 Å². The fourth-order valence-electron chi connectivity index (χ4n) is 1.57. The highest BCUT2D eigenvalue weighted by atomic mass is 35.5. The number of amides is 1. The van der Waals surface area contributed by atoms with Crippen LogP contribution < -0.4 is 10.1 Å². The molecule has 0 unspecified atom stereocenters. The Labute approximate surface area is 136 Å². The van der Waals surface area contributed by atoms with Crippen LogP contribution in [0.1, 0.15) is 9.67 Å². The minimum absolute atomic E-state index is 0.0974. The summed E-state index contributed by atoms with van der Waals surface area (Å²) in [5, 5.41) is 4.86. The van der Waals surface area contributed by atoms with E-state index in [1.54, 1.807) is 41.8 Å². The molecule has 1 aromatic carbocycles. The summed E-state index contributed by atoms with van der Waals surface area (Å²) >= 11 is 7.12. The first kappa shape index (κ1) is 16.3. The molecule has 0 spiro atoms. The lowest BCUT2D eigenvalue weighted by Crippen LogP contribution is -2.30. The van der Waals surface area contributed by atoms with E-state index in [2.05, 4.69) is 5.32 Å². The molecule has 0 saturated heterocycles. The van der Waals surface area contributed by atoms with Gasteiger partial charge in [0.15, 0.2) is 0 Å². The van der Waals surface area contributed by atoms with E-state index in [-0.39, 0.29) is 25.7 Å². The zero-order valence-corrected chi connectivity index (χ0v) is 13.2. The van der Waals surface area contributed by atoms with Crippen molar-refractivity contribution < 1.29 is 19.1 Å². The number of hydrogen-bond donors (Lipinski definition) is 1.